The summed E-state index contributed by atoms with van der Waals surface area (Å²) in [5.74, 6) is -0.0703. The third-order valence-corrected chi connectivity index (χ3v) is 4.89. The first-order chi connectivity index (χ1) is 12.2. The van der Waals surface area contributed by atoms with Crippen LogP contribution < -0.4 is 10.6 Å². The lowest BCUT2D eigenvalue weighted by Crippen LogP contribution is -2.27. The van der Waals surface area contributed by atoms with E-state index in [4.69, 9.17) is 0 Å². The fraction of sp³-hybridized carbons (Fsp3) is 0.364. The SMILES string of the molecule is CC(NC(=O)c1ccc2c(c1)CCC(=O)N2)c1ccc(C(C)(C)C)cc1. The van der Waals surface area contributed by atoms with Gasteiger partial charge in [-0.05, 0) is 53.6 Å². The van der Waals surface area contributed by atoms with E-state index in [9.17, 15) is 9.59 Å². The highest BCUT2D eigenvalue weighted by molar-refractivity contribution is 5.98. The molecule has 1 atom stereocenters. The summed E-state index contributed by atoms with van der Waals surface area (Å²) < 4.78 is 0. The Morgan fingerprint density at radius 1 is 1.08 bits per heavy atom. The molecule has 2 aromatic rings. The average Bonchev–Trinajstić information content (AvgIpc) is 2.60. The first kappa shape index (κ1) is 18.2. The van der Waals surface area contributed by atoms with E-state index >= 15 is 0 Å². The zero-order chi connectivity index (χ0) is 18.9. The first-order valence-electron chi connectivity index (χ1n) is 9.08. The van der Waals surface area contributed by atoms with E-state index < -0.39 is 0 Å². The average molecular weight is 350 g/mol. The molecule has 4 heteroatoms. The van der Waals surface area contributed by atoms with Crippen LogP contribution in [0.25, 0.3) is 0 Å². The topological polar surface area (TPSA) is 58.2 Å². The van der Waals surface area contributed by atoms with Gasteiger partial charge in [0.15, 0.2) is 0 Å². The van der Waals surface area contributed by atoms with E-state index in [1.54, 1.807) is 6.07 Å². The minimum Gasteiger partial charge on any atom is -0.346 e. The smallest absolute Gasteiger partial charge is 0.251 e. The summed E-state index contributed by atoms with van der Waals surface area (Å²) in [4.78, 5) is 24.0. The Balaban J connectivity index is 1.70. The maximum atomic E-state index is 12.6. The van der Waals surface area contributed by atoms with Crippen LogP contribution >= 0.6 is 0 Å². The minimum absolute atomic E-state index is 0.0297. The Morgan fingerprint density at radius 3 is 2.42 bits per heavy atom. The zero-order valence-corrected chi connectivity index (χ0v) is 15.8. The quantitative estimate of drug-likeness (QED) is 0.864. The van der Waals surface area contributed by atoms with Gasteiger partial charge in [0.1, 0.15) is 0 Å². The van der Waals surface area contributed by atoms with E-state index in [1.165, 1.54) is 5.56 Å². The molecule has 0 bridgehead atoms. The van der Waals surface area contributed by atoms with E-state index in [0.717, 1.165) is 16.8 Å². The minimum atomic E-state index is -0.0999. The Morgan fingerprint density at radius 2 is 1.77 bits per heavy atom. The number of carbonyl (C=O) groups excluding carboxylic acids is 2. The van der Waals surface area contributed by atoms with E-state index in [-0.39, 0.29) is 23.3 Å². The van der Waals surface area contributed by atoms with Gasteiger partial charge in [-0.15, -0.1) is 0 Å². The maximum Gasteiger partial charge on any atom is 0.251 e. The molecule has 4 nitrogen and oxygen atoms in total. The molecule has 0 aromatic heterocycles. The van der Waals surface area contributed by atoms with Gasteiger partial charge in [-0.2, -0.15) is 0 Å². The molecule has 0 saturated carbocycles. The van der Waals surface area contributed by atoms with Crippen molar-refractivity contribution in [1.29, 1.82) is 0 Å². The number of fused-ring (bicyclic) bond motifs is 1. The van der Waals surface area contributed by atoms with Gasteiger partial charge in [0.25, 0.3) is 5.91 Å². The van der Waals surface area contributed by atoms with Crippen molar-refractivity contribution in [3.05, 3.63) is 64.7 Å². The van der Waals surface area contributed by atoms with Gasteiger partial charge in [-0.1, -0.05) is 45.0 Å². The van der Waals surface area contributed by atoms with Crippen molar-refractivity contribution in [3.63, 3.8) is 0 Å². The van der Waals surface area contributed by atoms with Crippen molar-refractivity contribution in [2.45, 2.75) is 52.0 Å². The van der Waals surface area contributed by atoms with Crippen LogP contribution in [-0.4, -0.2) is 11.8 Å². The third-order valence-electron chi connectivity index (χ3n) is 4.89. The highest BCUT2D eigenvalue weighted by Gasteiger charge is 2.18. The Bertz CT molecular complexity index is 832. The molecule has 136 valence electrons. The van der Waals surface area contributed by atoms with Crippen molar-refractivity contribution < 1.29 is 9.59 Å². The number of nitrogens with one attached hydrogen (secondary N) is 2. The Hall–Kier alpha value is -2.62. The maximum absolute atomic E-state index is 12.6. The molecule has 3 rings (SSSR count). The van der Waals surface area contributed by atoms with Gasteiger partial charge < -0.3 is 10.6 Å². The standard InChI is InChI=1S/C22H26N2O2/c1-14(15-5-9-18(10-6-15)22(2,3)4)23-21(26)17-7-11-19-16(13-17)8-12-20(25)24-19/h5-7,9-11,13-14H,8,12H2,1-4H3,(H,23,26)(H,24,25). The molecule has 0 saturated heterocycles. The molecule has 2 amide bonds. The molecule has 0 aliphatic carbocycles. The van der Waals surface area contributed by atoms with Crippen LogP contribution in [0, 0.1) is 0 Å². The van der Waals surface area contributed by atoms with Gasteiger partial charge in [-0.3, -0.25) is 9.59 Å². The summed E-state index contributed by atoms with van der Waals surface area (Å²) in [5.41, 5.74) is 4.91. The summed E-state index contributed by atoms with van der Waals surface area (Å²) in [6, 6.07) is 13.8. The summed E-state index contributed by atoms with van der Waals surface area (Å²) in [7, 11) is 0. The molecular formula is C22H26N2O2. The second kappa shape index (κ2) is 6.94. The normalized spacial score (nSPS) is 15.0. The Kier molecular flexibility index (Phi) is 4.86. The van der Waals surface area contributed by atoms with Crippen LogP contribution in [-0.2, 0) is 16.6 Å². The first-order valence-corrected chi connectivity index (χ1v) is 9.08. The number of hydrogen-bond donors (Lipinski definition) is 2. The number of aryl methyl sites for hydroxylation is 1. The van der Waals surface area contributed by atoms with Gasteiger partial charge >= 0.3 is 0 Å². The molecule has 1 unspecified atom stereocenters. The summed E-state index contributed by atoms with van der Waals surface area (Å²) in [5, 5.41) is 5.90. The lowest BCUT2D eigenvalue weighted by Gasteiger charge is -2.21. The zero-order valence-electron chi connectivity index (χ0n) is 15.8. The van der Waals surface area contributed by atoms with Crippen molar-refractivity contribution >= 4 is 17.5 Å². The number of rotatable bonds is 3. The number of anilines is 1. The summed E-state index contributed by atoms with van der Waals surface area (Å²) in [6.07, 6.45) is 1.14. The van der Waals surface area contributed by atoms with Gasteiger partial charge in [0.05, 0.1) is 6.04 Å². The second-order valence-corrected chi connectivity index (χ2v) is 7.99. The van der Waals surface area contributed by atoms with E-state index in [1.807, 2.05) is 19.1 Å². The number of carbonyl (C=O) groups is 2. The molecule has 0 fully saturated rings. The van der Waals surface area contributed by atoms with Crippen LogP contribution in [0.2, 0.25) is 0 Å². The number of hydrogen-bond acceptors (Lipinski definition) is 2. The predicted octanol–water partition coefficient (Wildman–Crippen LogP) is 4.36. The van der Waals surface area contributed by atoms with Crippen molar-refractivity contribution in [3.8, 4) is 0 Å². The van der Waals surface area contributed by atoms with E-state index in [0.29, 0.717) is 18.4 Å². The van der Waals surface area contributed by atoms with Crippen LogP contribution in [0.1, 0.15) is 67.2 Å². The molecule has 0 spiro atoms. The lowest BCUT2D eigenvalue weighted by atomic mass is 9.86. The number of amides is 2. The molecule has 1 aliphatic heterocycles. The second-order valence-electron chi connectivity index (χ2n) is 7.99. The predicted molar refractivity (Wildman–Crippen MR) is 104 cm³/mol. The highest BCUT2D eigenvalue weighted by Crippen LogP contribution is 2.25. The molecule has 26 heavy (non-hydrogen) atoms. The Labute approximate surface area is 155 Å². The van der Waals surface area contributed by atoms with Gasteiger partial charge in [0, 0.05) is 17.7 Å². The van der Waals surface area contributed by atoms with Gasteiger partial charge in [-0.25, -0.2) is 0 Å². The monoisotopic (exact) mass is 350 g/mol. The number of benzene rings is 2. The molecular weight excluding hydrogens is 324 g/mol. The van der Waals surface area contributed by atoms with Crippen molar-refractivity contribution in [1.82, 2.24) is 5.32 Å². The van der Waals surface area contributed by atoms with Gasteiger partial charge in [0.2, 0.25) is 5.91 Å². The van der Waals surface area contributed by atoms with Crippen molar-refractivity contribution in [2.75, 3.05) is 5.32 Å². The van der Waals surface area contributed by atoms with Crippen LogP contribution in [0.15, 0.2) is 42.5 Å². The summed E-state index contributed by atoms with van der Waals surface area (Å²) in [6.45, 7) is 8.55. The lowest BCUT2D eigenvalue weighted by molar-refractivity contribution is -0.116. The molecule has 1 aliphatic rings. The largest absolute Gasteiger partial charge is 0.346 e. The fourth-order valence-electron chi connectivity index (χ4n) is 3.16. The van der Waals surface area contributed by atoms with Crippen molar-refractivity contribution in [2.24, 2.45) is 0 Å². The molecule has 1 heterocycles. The fourth-order valence-corrected chi connectivity index (χ4v) is 3.16. The van der Waals surface area contributed by atoms with Crippen LogP contribution in [0.5, 0.6) is 0 Å². The van der Waals surface area contributed by atoms with Crippen LogP contribution in [0.4, 0.5) is 5.69 Å². The summed E-state index contributed by atoms with van der Waals surface area (Å²) >= 11 is 0. The van der Waals surface area contributed by atoms with Crippen LogP contribution in [0.3, 0.4) is 0 Å². The highest BCUT2D eigenvalue weighted by atomic mass is 16.2. The van der Waals surface area contributed by atoms with E-state index in [2.05, 4.69) is 55.7 Å². The molecule has 0 radical (unpaired) electrons. The molecule has 2 aromatic carbocycles. The molecule has 2 N–H and O–H groups in total. The third kappa shape index (κ3) is 3.96.